The molecule has 0 aliphatic carbocycles. The molecule has 0 aromatic rings. The number of carboxylic acid groups (broad SMARTS) is 1. The van der Waals surface area contributed by atoms with E-state index in [2.05, 4.69) is 0 Å². The van der Waals surface area contributed by atoms with E-state index in [4.69, 9.17) is 5.11 Å². The van der Waals surface area contributed by atoms with E-state index in [1.165, 1.54) is 0 Å². The van der Waals surface area contributed by atoms with Crippen LogP contribution in [0.5, 0.6) is 0 Å². The molecule has 0 aromatic heterocycles. The van der Waals surface area contributed by atoms with Gasteiger partial charge < -0.3 is 10.4 Å². The van der Waals surface area contributed by atoms with E-state index in [1.54, 1.807) is 0 Å². The van der Waals surface area contributed by atoms with Crippen LogP contribution >= 0.6 is 0 Å². The standard InChI is InChI=1S/C8H13F2NO3/c9-6(10)5-11-7(12)3-1-2-4-8(13)14/h6H,1-5H2,(H,11,12)(H,13,14). The number of halogens is 2. The second-order valence-corrected chi connectivity index (χ2v) is 2.80. The van der Waals surface area contributed by atoms with Gasteiger partial charge in [0.1, 0.15) is 0 Å². The van der Waals surface area contributed by atoms with Crippen molar-refractivity contribution in [2.45, 2.75) is 32.1 Å². The summed E-state index contributed by atoms with van der Waals surface area (Å²) < 4.78 is 23.2. The molecule has 0 saturated carbocycles. The molecule has 0 spiro atoms. The van der Waals surface area contributed by atoms with Crippen molar-refractivity contribution in [1.29, 1.82) is 0 Å². The van der Waals surface area contributed by atoms with Crippen LogP contribution in [-0.2, 0) is 9.59 Å². The maximum absolute atomic E-state index is 11.6. The van der Waals surface area contributed by atoms with Gasteiger partial charge in [-0.25, -0.2) is 8.78 Å². The van der Waals surface area contributed by atoms with Crippen LogP contribution in [0.4, 0.5) is 8.78 Å². The summed E-state index contributed by atoms with van der Waals surface area (Å²) >= 11 is 0. The molecule has 0 aliphatic rings. The van der Waals surface area contributed by atoms with Crippen LogP contribution in [0.25, 0.3) is 0 Å². The average molecular weight is 209 g/mol. The van der Waals surface area contributed by atoms with E-state index < -0.39 is 24.8 Å². The molecule has 82 valence electrons. The van der Waals surface area contributed by atoms with E-state index in [1.807, 2.05) is 5.32 Å². The predicted octanol–water partition coefficient (Wildman–Crippen LogP) is 1.01. The Kier molecular flexibility index (Phi) is 6.61. The highest BCUT2D eigenvalue weighted by molar-refractivity contribution is 5.75. The monoisotopic (exact) mass is 209 g/mol. The van der Waals surface area contributed by atoms with Crippen molar-refractivity contribution in [2.75, 3.05) is 6.54 Å². The second kappa shape index (κ2) is 7.23. The molecule has 0 saturated heterocycles. The Balaban J connectivity index is 3.31. The van der Waals surface area contributed by atoms with E-state index in [9.17, 15) is 18.4 Å². The van der Waals surface area contributed by atoms with Crippen molar-refractivity contribution >= 4 is 11.9 Å². The fraction of sp³-hybridized carbons (Fsp3) is 0.750. The lowest BCUT2D eigenvalue weighted by Gasteiger charge is -2.03. The summed E-state index contributed by atoms with van der Waals surface area (Å²) in [4.78, 5) is 20.9. The topological polar surface area (TPSA) is 66.4 Å². The molecule has 4 nitrogen and oxygen atoms in total. The Labute approximate surface area is 80.3 Å². The lowest BCUT2D eigenvalue weighted by molar-refractivity contribution is -0.137. The van der Waals surface area contributed by atoms with E-state index in [0.717, 1.165) is 0 Å². The van der Waals surface area contributed by atoms with Gasteiger partial charge in [-0.2, -0.15) is 0 Å². The van der Waals surface area contributed by atoms with Crippen molar-refractivity contribution in [1.82, 2.24) is 5.32 Å². The number of nitrogens with one attached hydrogen (secondary N) is 1. The van der Waals surface area contributed by atoms with Crippen molar-refractivity contribution in [3.8, 4) is 0 Å². The summed E-state index contributed by atoms with van der Waals surface area (Å²) in [6, 6.07) is 0. The Morgan fingerprint density at radius 2 is 1.79 bits per heavy atom. The van der Waals surface area contributed by atoms with Gasteiger partial charge in [0, 0.05) is 12.8 Å². The summed E-state index contributed by atoms with van der Waals surface area (Å²) in [5.74, 6) is -1.38. The molecule has 0 bridgehead atoms. The first-order chi connectivity index (χ1) is 6.52. The Bertz CT molecular complexity index is 197. The van der Waals surface area contributed by atoms with E-state index in [-0.39, 0.29) is 12.8 Å². The number of aliphatic carboxylic acids is 1. The fourth-order valence-electron chi connectivity index (χ4n) is 0.841. The number of alkyl halides is 2. The number of hydrogen-bond donors (Lipinski definition) is 2. The molecule has 0 unspecified atom stereocenters. The SMILES string of the molecule is O=C(O)CCCCC(=O)NCC(F)F. The van der Waals surface area contributed by atoms with Gasteiger partial charge in [0.15, 0.2) is 0 Å². The molecular weight excluding hydrogens is 196 g/mol. The summed E-state index contributed by atoms with van der Waals surface area (Å²) in [5, 5.41) is 10.3. The Hall–Kier alpha value is -1.20. The van der Waals surface area contributed by atoms with Crippen molar-refractivity contribution in [3.05, 3.63) is 0 Å². The number of rotatable bonds is 7. The molecular formula is C8H13F2NO3. The average Bonchev–Trinajstić information content (AvgIpc) is 2.08. The van der Waals surface area contributed by atoms with Crippen LogP contribution in [-0.4, -0.2) is 30.0 Å². The lowest BCUT2D eigenvalue weighted by atomic mass is 10.2. The quantitative estimate of drug-likeness (QED) is 0.615. The molecule has 0 aliphatic heterocycles. The number of amides is 1. The fourth-order valence-corrected chi connectivity index (χ4v) is 0.841. The lowest BCUT2D eigenvalue weighted by Crippen LogP contribution is -2.28. The number of unbranched alkanes of at least 4 members (excludes halogenated alkanes) is 1. The smallest absolute Gasteiger partial charge is 0.303 e. The summed E-state index contributed by atoms with van der Waals surface area (Å²) in [6.07, 6.45) is -1.65. The van der Waals surface area contributed by atoms with Gasteiger partial charge in [0.05, 0.1) is 6.54 Å². The summed E-state index contributed by atoms with van der Waals surface area (Å²) in [6.45, 7) is -0.641. The van der Waals surface area contributed by atoms with Crippen molar-refractivity contribution < 1.29 is 23.5 Å². The zero-order chi connectivity index (χ0) is 11.0. The van der Waals surface area contributed by atoms with Crippen LogP contribution in [0.3, 0.4) is 0 Å². The highest BCUT2D eigenvalue weighted by atomic mass is 19.3. The van der Waals surface area contributed by atoms with Gasteiger partial charge >= 0.3 is 5.97 Å². The van der Waals surface area contributed by atoms with E-state index >= 15 is 0 Å². The van der Waals surface area contributed by atoms with Crippen LogP contribution in [0.1, 0.15) is 25.7 Å². The van der Waals surface area contributed by atoms with Crippen LogP contribution in [0.2, 0.25) is 0 Å². The molecule has 0 radical (unpaired) electrons. The predicted molar refractivity (Wildman–Crippen MR) is 45.1 cm³/mol. The minimum atomic E-state index is -2.54. The van der Waals surface area contributed by atoms with Gasteiger partial charge in [0.25, 0.3) is 6.43 Å². The van der Waals surface area contributed by atoms with Crippen LogP contribution in [0, 0.1) is 0 Å². The molecule has 0 aromatic carbocycles. The third kappa shape index (κ3) is 8.89. The van der Waals surface area contributed by atoms with Gasteiger partial charge in [-0.3, -0.25) is 9.59 Å². The molecule has 0 heterocycles. The number of carbonyl (C=O) groups excluding carboxylic acids is 1. The Morgan fingerprint density at radius 3 is 2.29 bits per heavy atom. The molecule has 14 heavy (non-hydrogen) atoms. The summed E-state index contributed by atoms with van der Waals surface area (Å²) in [7, 11) is 0. The maximum Gasteiger partial charge on any atom is 0.303 e. The number of hydrogen-bond acceptors (Lipinski definition) is 2. The minimum absolute atomic E-state index is 0.00211. The van der Waals surface area contributed by atoms with E-state index in [0.29, 0.717) is 12.8 Å². The first-order valence-corrected chi connectivity index (χ1v) is 4.29. The molecule has 2 N–H and O–H groups in total. The van der Waals surface area contributed by atoms with Gasteiger partial charge in [0.2, 0.25) is 5.91 Å². The highest BCUT2D eigenvalue weighted by Gasteiger charge is 2.06. The first-order valence-electron chi connectivity index (χ1n) is 4.29. The van der Waals surface area contributed by atoms with Crippen molar-refractivity contribution in [2.24, 2.45) is 0 Å². The zero-order valence-electron chi connectivity index (χ0n) is 7.63. The maximum atomic E-state index is 11.6. The number of carboxylic acids is 1. The highest BCUT2D eigenvalue weighted by Crippen LogP contribution is 1.99. The van der Waals surface area contributed by atoms with Crippen molar-refractivity contribution in [3.63, 3.8) is 0 Å². The third-order valence-corrected chi connectivity index (χ3v) is 1.50. The van der Waals surface area contributed by atoms with Gasteiger partial charge in [-0.1, -0.05) is 0 Å². The third-order valence-electron chi connectivity index (χ3n) is 1.50. The molecule has 0 rings (SSSR count). The minimum Gasteiger partial charge on any atom is -0.481 e. The molecule has 0 fully saturated rings. The normalized spacial score (nSPS) is 10.2. The van der Waals surface area contributed by atoms with Gasteiger partial charge in [-0.05, 0) is 12.8 Å². The first kappa shape index (κ1) is 12.8. The molecule has 0 atom stereocenters. The number of carbonyl (C=O) groups is 2. The van der Waals surface area contributed by atoms with Crippen LogP contribution in [0.15, 0.2) is 0 Å². The molecule has 6 heteroatoms. The second-order valence-electron chi connectivity index (χ2n) is 2.80. The largest absolute Gasteiger partial charge is 0.481 e. The summed E-state index contributed by atoms with van der Waals surface area (Å²) in [5.41, 5.74) is 0. The Morgan fingerprint density at radius 1 is 1.21 bits per heavy atom. The molecule has 1 amide bonds. The van der Waals surface area contributed by atoms with Crippen LogP contribution < -0.4 is 5.32 Å². The zero-order valence-corrected chi connectivity index (χ0v) is 7.63. The van der Waals surface area contributed by atoms with Gasteiger partial charge in [-0.15, -0.1) is 0 Å².